The van der Waals surface area contributed by atoms with E-state index >= 15 is 0 Å². The number of carbonyl (C=O) groups excluding carboxylic acids is 1. The van der Waals surface area contributed by atoms with E-state index in [2.05, 4.69) is 41.5 Å². The lowest BCUT2D eigenvalue weighted by atomic mass is 9.95. The van der Waals surface area contributed by atoms with Gasteiger partial charge in [-0.05, 0) is 69.9 Å². The van der Waals surface area contributed by atoms with E-state index < -0.39 is 0 Å². The summed E-state index contributed by atoms with van der Waals surface area (Å²) in [6.07, 6.45) is 8.99. The van der Waals surface area contributed by atoms with Gasteiger partial charge in [0.1, 0.15) is 11.5 Å². The van der Waals surface area contributed by atoms with Gasteiger partial charge in [0, 0.05) is 51.0 Å². The number of amides is 1. The average molecular weight is 551 g/mol. The van der Waals surface area contributed by atoms with Crippen molar-refractivity contribution >= 4 is 5.91 Å². The minimum atomic E-state index is 0.0194. The second-order valence-electron chi connectivity index (χ2n) is 11.6. The average Bonchev–Trinajstić information content (AvgIpc) is 3.00. The molecule has 3 saturated heterocycles. The Morgan fingerprint density at radius 1 is 1.10 bits per heavy atom. The molecular weight excluding hydrogens is 504 g/mol. The summed E-state index contributed by atoms with van der Waals surface area (Å²) in [5.41, 5.74) is 4.01. The molecule has 8 nitrogen and oxygen atoms in total. The summed E-state index contributed by atoms with van der Waals surface area (Å²) in [7, 11) is 1.75. The Morgan fingerprint density at radius 3 is 2.65 bits per heavy atom. The zero-order valence-electron chi connectivity index (χ0n) is 24.4. The first-order valence-corrected chi connectivity index (χ1v) is 15.3. The monoisotopic (exact) mass is 550 g/mol. The van der Waals surface area contributed by atoms with Gasteiger partial charge in [-0.15, -0.1) is 0 Å². The van der Waals surface area contributed by atoms with Crippen LogP contribution in [0.5, 0.6) is 0 Å². The van der Waals surface area contributed by atoms with Gasteiger partial charge < -0.3 is 24.4 Å². The highest BCUT2D eigenvalue weighted by Gasteiger charge is 2.31. The summed E-state index contributed by atoms with van der Waals surface area (Å²) in [6.45, 7) is 7.03. The summed E-state index contributed by atoms with van der Waals surface area (Å²) >= 11 is 0. The SMILES string of the molecule is CCc1nc(CC[C@H]2CCC[C@@H](c3ccc(C)cc3)O2)cc(C(=O)N2CCC(N[C@H]3CCOC[C@H]3OC)CC2)n1. The van der Waals surface area contributed by atoms with Crippen LogP contribution in [0.25, 0.3) is 0 Å². The number of methoxy groups -OCH3 is 1. The van der Waals surface area contributed by atoms with Crippen LogP contribution in [0, 0.1) is 6.92 Å². The first-order chi connectivity index (χ1) is 19.5. The predicted molar refractivity (Wildman–Crippen MR) is 154 cm³/mol. The molecule has 2 aromatic rings. The van der Waals surface area contributed by atoms with Gasteiger partial charge in [-0.25, -0.2) is 9.97 Å². The summed E-state index contributed by atoms with van der Waals surface area (Å²) in [6, 6.07) is 11.3. The van der Waals surface area contributed by atoms with Crippen LogP contribution in [0.3, 0.4) is 0 Å². The molecule has 0 bridgehead atoms. The molecule has 0 radical (unpaired) electrons. The van der Waals surface area contributed by atoms with Crippen molar-refractivity contribution in [3.63, 3.8) is 0 Å². The first kappa shape index (κ1) is 29.1. The van der Waals surface area contributed by atoms with E-state index in [0.717, 1.165) is 76.2 Å². The van der Waals surface area contributed by atoms with Crippen molar-refractivity contribution < 1.29 is 19.0 Å². The largest absolute Gasteiger partial charge is 0.379 e. The summed E-state index contributed by atoms with van der Waals surface area (Å²) in [5, 5.41) is 3.77. The highest BCUT2D eigenvalue weighted by Crippen LogP contribution is 2.33. The number of likely N-dealkylation sites (tertiary alicyclic amines) is 1. The molecule has 1 aromatic carbocycles. The topological polar surface area (TPSA) is 85.8 Å². The minimum Gasteiger partial charge on any atom is -0.379 e. The quantitative estimate of drug-likeness (QED) is 0.489. The van der Waals surface area contributed by atoms with E-state index in [9.17, 15) is 4.79 Å². The third-order valence-electron chi connectivity index (χ3n) is 8.72. The lowest BCUT2D eigenvalue weighted by Gasteiger charge is -2.38. The second-order valence-corrected chi connectivity index (χ2v) is 11.6. The van der Waals surface area contributed by atoms with Gasteiger partial charge >= 0.3 is 0 Å². The molecule has 3 aliphatic heterocycles. The maximum absolute atomic E-state index is 13.5. The molecule has 0 unspecified atom stereocenters. The Morgan fingerprint density at radius 2 is 1.90 bits per heavy atom. The minimum absolute atomic E-state index is 0.0194. The van der Waals surface area contributed by atoms with Gasteiger partial charge in [0.15, 0.2) is 0 Å². The van der Waals surface area contributed by atoms with E-state index in [0.29, 0.717) is 30.8 Å². The molecule has 0 aliphatic carbocycles. The molecule has 40 heavy (non-hydrogen) atoms. The first-order valence-electron chi connectivity index (χ1n) is 15.3. The van der Waals surface area contributed by atoms with Gasteiger partial charge in [-0.3, -0.25) is 4.79 Å². The van der Waals surface area contributed by atoms with Crippen molar-refractivity contribution in [3.05, 3.63) is 58.7 Å². The van der Waals surface area contributed by atoms with Crippen LogP contribution in [0.1, 0.15) is 91.1 Å². The van der Waals surface area contributed by atoms with E-state index in [-0.39, 0.29) is 24.2 Å². The third-order valence-corrected chi connectivity index (χ3v) is 8.72. The van der Waals surface area contributed by atoms with Crippen molar-refractivity contribution in [2.24, 2.45) is 0 Å². The van der Waals surface area contributed by atoms with Crippen molar-refractivity contribution in [3.8, 4) is 0 Å². The number of carbonyl (C=O) groups is 1. The van der Waals surface area contributed by atoms with Gasteiger partial charge in [-0.2, -0.15) is 0 Å². The third kappa shape index (κ3) is 7.46. The van der Waals surface area contributed by atoms with Crippen LogP contribution < -0.4 is 5.32 Å². The number of aromatic nitrogens is 2. The Bertz CT molecular complexity index is 1100. The van der Waals surface area contributed by atoms with Gasteiger partial charge in [0.25, 0.3) is 5.91 Å². The van der Waals surface area contributed by atoms with Crippen LogP contribution >= 0.6 is 0 Å². The smallest absolute Gasteiger partial charge is 0.272 e. The number of aryl methyl sites for hydroxylation is 3. The fourth-order valence-electron chi connectivity index (χ4n) is 6.24. The number of piperidine rings is 1. The van der Waals surface area contributed by atoms with Crippen LogP contribution in [-0.2, 0) is 27.1 Å². The molecule has 5 rings (SSSR count). The number of rotatable bonds is 9. The van der Waals surface area contributed by atoms with E-state index in [1.165, 1.54) is 17.5 Å². The number of benzene rings is 1. The van der Waals surface area contributed by atoms with E-state index in [1.807, 2.05) is 17.9 Å². The summed E-state index contributed by atoms with van der Waals surface area (Å²) < 4.78 is 17.7. The highest BCUT2D eigenvalue weighted by molar-refractivity contribution is 5.92. The molecule has 3 aliphatic rings. The molecule has 218 valence electrons. The fraction of sp³-hybridized carbons (Fsp3) is 0.656. The van der Waals surface area contributed by atoms with E-state index in [1.54, 1.807) is 7.11 Å². The number of hydrogen-bond acceptors (Lipinski definition) is 7. The van der Waals surface area contributed by atoms with Gasteiger partial charge in [0.05, 0.1) is 24.9 Å². The van der Waals surface area contributed by atoms with Crippen LogP contribution in [-0.4, -0.2) is 78.5 Å². The van der Waals surface area contributed by atoms with Crippen molar-refractivity contribution in [1.82, 2.24) is 20.2 Å². The molecule has 4 heterocycles. The Balaban J connectivity index is 1.15. The fourth-order valence-corrected chi connectivity index (χ4v) is 6.24. The lowest BCUT2D eigenvalue weighted by Crippen LogP contribution is -2.54. The van der Waals surface area contributed by atoms with Crippen LogP contribution in [0.4, 0.5) is 0 Å². The predicted octanol–water partition coefficient (Wildman–Crippen LogP) is 4.59. The molecule has 1 amide bonds. The molecule has 4 atom stereocenters. The Labute approximate surface area is 239 Å². The zero-order valence-corrected chi connectivity index (χ0v) is 24.4. The van der Waals surface area contributed by atoms with Crippen molar-refractivity contribution in [1.29, 1.82) is 0 Å². The number of hydrogen-bond donors (Lipinski definition) is 1. The van der Waals surface area contributed by atoms with Crippen LogP contribution in [0.2, 0.25) is 0 Å². The van der Waals surface area contributed by atoms with Gasteiger partial charge in [0.2, 0.25) is 0 Å². The van der Waals surface area contributed by atoms with Gasteiger partial charge in [-0.1, -0.05) is 36.8 Å². The van der Waals surface area contributed by atoms with Crippen molar-refractivity contribution in [2.45, 2.75) is 102 Å². The molecule has 8 heteroatoms. The normalized spacial score (nSPS) is 26.1. The standard InChI is InChI=1S/C32H46N4O4/c1-4-31-34-25(12-13-26-6-5-7-29(40-26)23-10-8-22(2)9-11-23)20-28(35-31)32(37)36-17-14-24(15-18-36)33-27-16-19-39-21-30(27)38-3/h8-11,20,24,26-27,29-30,33H,4-7,12-19,21H2,1-3H3/t26-,27+,29+,30-/m1/s1. The Hall–Kier alpha value is -2.39. The number of ether oxygens (including phenoxy) is 3. The molecule has 1 aromatic heterocycles. The molecular formula is C32H46N4O4. The van der Waals surface area contributed by atoms with E-state index in [4.69, 9.17) is 19.2 Å². The molecule has 1 N–H and O–H groups in total. The maximum atomic E-state index is 13.5. The van der Waals surface area contributed by atoms with Crippen LogP contribution in [0.15, 0.2) is 30.3 Å². The summed E-state index contributed by atoms with van der Waals surface area (Å²) in [4.78, 5) is 24.9. The lowest BCUT2D eigenvalue weighted by molar-refractivity contribution is -0.0547. The molecule has 0 spiro atoms. The molecule has 0 saturated carbocycles. The highest BCUT2D eigenvalue weighted by atomic mass is 16.5. The van der Waals surface area contributed by atoms with Crippen molar-refractivity contribution in [2.75, 3.05) is 33.4 Å². The Kier molecular flexibility index (Phi) is 10.2. The molecule has 3 fully saturated rings. The number of nitrogens with zero attached hydrogens (tertiary/aromatic N) is 3. The zero-order chi connectivity index (χ0) is 27.9. The maximum Gasteiger partial charge on any atom is 0.272 e. The number of nitrogens with one attached hydrogen (secondary N) is 1. The summed E-state index contributed by atoms with van der Waals surface area (Å²) in [5.74, 6) is 0.760. The second kappa shape index (κ2) is 14.0.